The van der Waals surface area contributed by atoms with Crippen LogP contribution in [-0.4, -0.2) is 38.9 Å². The van der Waals surface area contributed by atoms with Gasteiger partial charge in [-0.1, -0.05) is 30.3 Å². The maximum absolute atomic E-state index is 12.5. The van der Waals surface area contributed by atoms with E-state index in [-0.39, 0.29) is 12.4 Å². The van der Waals surface area contributed by atoms with Crippen molar-refractivity contribution in [3.8, 4) is 28.7 Å². The van der Waals surface area contributed by atoms with Crippen molar-refractivity contribution in [1.82, 2.24) is 5.43 Å². The van der Waals surface area contributed by atoms with Gasteiger partial charge >= 0.3 is 5.97 Å². The number of esters is 1. The van der Waals surface area contributed by atoms with Gasteiger partial charge in [-0.25, -0.2) is 10.2 Å². The van der Waals surface area contributed by atoms with E-state index in [4.69, 9.17) is 23.7 Å². The van der Waals surface area contributed by atoms with Crippen LogP contribution in [0.2, 0.25) is 0 Å². The molecule has 9 heteroatoms. The first-order valence-electron chi connectivity index (χ1n) is 12.3. The fourth-order valence-electron chi connectivity index (χ4n) is 3.47. The molecule has 0 aliphatic heterocycles. The number of nitrogens with one attached hydrogen (secondary N) is 1. The minimum absolute atomic E-state index is 0.217. The van der Waals surface area contributed by atoms with E-state index < -0.39 is 11.9 Å². The lowest BCUT2D eigenvalue weighted by Crippen LogP contribution is -2.24. The second-order valence-corrected chi connectivity index (χ2v) is 8.36. The lowest BCUT2D eigenvalue weighted by molar-refractivity contribution is -0.123. The quantitative estimate of drug-likeness (QED) is 0.116. The summed E-state index contributed by atoms with van der Waals surface area (Å²) in [5.74, 6) is 1.46. The number of hydrazone groups is 1. The van der Waals surface area contributed by atoms with E-state index in [2.05, 4.69) is 10.5 Å². The van der Waals surface area contributed by atoms with Gasteiger partial charge in [0.1, 0.15) is 23.9 Å². The topological polar surface area (TPSA) is 105 Å². The number of rotatable bonds is 12. The average molecular weight is 541 g/mol. The van der Waals surface area contributed by atoms with Gasteiger partial charge in [0.2, 0.25) is 0 Å². The molecule has 0 aliphatic carbocycles. The zero-order chi connectivity index (χ0) is 28.2. The van der Waals surface area contributed by atoms with Crippen molar-refractivity contribution in [2.75, 3.05) is 20.8 Å². The minimum Gasteiger partial charge on any atom is -0.497 e. The van der Waals surface area contributed by atoms with Crippen molar-refractivity contribution >= 4 is 18.1 Å². The highest BCUT2D eigenvalue weighted by molar-refractivity contribution is 5.92. The first-order chi connectivity index (χ1) is 19.5. The third-order valence-electron chi connectivity index (χ3n) is 5.56. The van der Waals surface area contributed by atoms with Gasteiger partial charge in [0.05, 0.1) is 26.0 Å². The van der Waals surface area contributed by atoms with Gasteiger partial charge in [0, 0.05) is 0 Å². The predicted octanol–water partition coefficient (Wildman–Crippen LogP) is 5.03. The molecule has 0 bridgehead atoms. The molecular formula is C31H28N2O7. The van der Waals surface area contributed by atoms with Crippen LogP contribution in [0, 0.1) is 0 Å². The summed E-state index contributed by atoms with van der Waals surface area (Å²) in [5.41, 5.74) is 4.47. The molecule has 1 amide bonds. The Labute approximate surface area is 231 Å². The molecule has 40 heavy (non-hydrogen) atoms. The molecule has 9 nitrogen and oxygen atoms in total. The Morgan fingerprint density at radius 2 is 1.43 bits per heavy atom. The third kappa shape index (κ3) is 8.09. The van der Waals surface area contributed by atoms with Crippen LogP contribution in [-0.2, 0) is 11.4 Å². The lowest BCUT2D eigenvalue weighted by atomic mass is 10.2. The molecule has 0 spiro atoms. The highest BCUT2D eigenvalue weighted by Crippen LogP contribution is 2.28. The number of hydrogen-bond donors (Lipinski definition) is 1. The van der Waals surface area contributed by atoms with Crippen LogP contribution in [0.25, 0.3) is 0 Å². The number of nitrogens with zero attached hydrogens (tertiary/aromatic N) is 1. The van der Waals surface area contributed by atoms with Crippen LogP contribution >= 0.6 is 0 Å². The zero-order valence-corrected chi connectivity index (χ0v) is 22.0. The zero-order valence-electron chi connectivity index (χ0n) is 22.0. The lowest BCUT2D eigenvalue weighted by Gasteiger charge is -2.10. The van der Waals surface area contributed by atoms with Crippen LogP contribution in [0.4, 0.5) is 0 Å². The van der Waals surface area contributed by atoms with Gasteiger partial charge < -0.3 is 23.7 Å². The van der Waals surface area contributed by atoms with Crippen LogP contribution in [0.3, 0.4) is 0 Å². The van der Waals surface area contributed by atoms with E-state index in [0.717, 1.165) is 5.56 Å². The predicted molar refractivity (Wildman–Crippen MR) is 149 cm³/mol. The number of hydrogen-bond acceptors (Lipinski definition) is 8. The molecule has 0 unspecified atom stereocenters. The smallest absolute Gasteiger partial charge is 0.343 e. The standard InChI is InChI=1S/C31H28N2O7/c1-36-25-11-9-24(10-12-25)31(35)40-28-17-8-23(18-29(28)37-2)19-32-33-30(34)21-39-27-15-13-26(14-16-27)38-20-22-6-4-3-5-7-22/h3-19H,20-21H2,1-2H3,(H,33,34)/b32-19-. The van der Waals surface area contributed by atoms with Crippen molar-refractivity contribution in [3.05, 3.63) is 114 Å². The maximum Gasteiger partial charge on any atom is 0.343 e. The summed E-state index contributed by atoms with van der Waals surface area (Å²) in [7, 11) is 3.01. The molecule has 0 aromatic heterocycles. The normalized spacial score (nSPS) is 10.6. The first-order valence-corrected chi connectivity index (χ1v) is 12.3. The summed E-state index contributed by atoms with van der Waals surface area (Å²) in [5, 5.41) is 3.95. The van der Waals surface area contributed by atoms with Crippen LogP contribution in [0.5, 0.6) is 28.7 Å². The molecule has 0 fully saturated rings. The van der Waals surface area contributed by atoms with Crippen molar-refractivity contribution in [2.45, 2.75) is 6.61 Å². The Morgan fingerprint density at radius 3 is 2.10 bits per heavy atom. The highest BCUT2D eigenvalue weighted by atomic mass is 16.6. The molecule has 0 atom stereocenters. The molecule has 0 radical (unpaired) electrons. The van der Waals surface area contributed by atoms with Gasteiger partial charge in [-0.3, -0.25) is 4.79 Å². The summed E-state index contributed by atoms with van der Waals surface area (Å²) in [4.78, 5) is 24.6. The Morgan fingerprint density at radius 1 is 0.750 bits per heavy atom. The van der Waals surface area contributed by atoms with Crippen molar-refractivity contribution < 1.29 is 33.3 Å². The van der Waals surface area contributed by atoms with Crippen molar-refractivity contribution in [1.29, 1.82) is 0 Å². The number of carbonyl (C=O) groups excluding carboxylic acids is 2. The fraction of sp³-hybridized carbons (Fsp3) is 0.129. The number of amides is 1. The van der Waals surface area contributed by atoms with E-state index in [1.165, 1.54) is 13.3 Å². The number of methoxy groups -OCH3 is 2. The molecule has 1 N–H and O–H groups in total. The molecular weight excluding hydrogens is 512 g/mol. The molecule has 204 valence electrons. The number of benzene rings is 4. The van der Waals surface area contributed by atoms with Gasteiger partial charge in [-0.2, -0.15) is 5.10 Å². The summed E-state index contributed by atoms with van der Waals surface area (Å²) in [6, 6.07) is 28.3. The first kappa shape index (κ1) is 27.7. The number of ether oxygens (including phenoxy) is 5. The molecule has 0 saturated carbocycles. The molecule has 0 heterocycles. The Hall–Kier alpha value is -5.31. The van der Waals surface area contributed by atoms with E-state index in [0.29, 0.717) is 40.7 Å². The van der Waals surface area contributed by atoms with Gasteiger partial charge in [0.15, 0.2) is 18.1 Å². The second kappa shape index (κ2) is 14.0. The SMILES string of the molecule is COc1ccc(C(=O)Oc2ccc(/C=N\NC(=O)COc3ccc(OCc4ccccc4)cc3)cc2OC)cc1. The van der Waals surface area contributed by atoms with E-state index in [9.17, 15) is 9.59 Å². The summed E-state index contributed by atoms with van der Waals surface area (Å²) < 4.78 is 27.2. The summed E-state index contributed by atoms with van der Waals surface area (Å²) >= 11 is 0. The molecule has 0 saturated heterocycles. The molecule has 4 aromatic carbocycles. The van der Waals surface area contributed by atoms with Crippen molar-refractivity contribution in [3.63, 3.8) is 0 Å². The molecule has 4 rings (SSSR count). The van der Waals surface area contributed by atoms with Crippen LogP contribution in [0.15, 0.2) is 102 Å². The van der Waals surface area contributed by atoms with E-state index >= 15 is 0 Å². The number of carbonyl (C=O) groups is 2. The Balaban J connectivity index is 1.23. The van der Waals surface area contributed by atoms with Gasteiger partial charge in [0.25, 0.3) is 5.91 Å². The third-order valence-corrected chi connectivity index (χ3v) is 5.56. The van der Waals surface area contributed by atoms with E-state index in [1.807, 2.05) is 30.3 Å². The Kier molecular flexibility index (Phi) is 9.71. The minimum atomic E-state index is -0.538. The monoisotopic (exact) mass is 540 g/mol. The second-order valence-electron chi connectivity index (χ2n) is 8.36. The maximum atomic E-state index is 12.5. The summed E-state index contributed by atoms with van der Waals surface area (Å²) in [6.45, 7) is 0.246. The van der Waals surface area contributed by atoms with Crippen LogP contribution in [0.1, 0.15) is 21.5 Å². The van der Waals surface area contributed by atoms with Gasteiger partial charge in [-0.05, 0) is 77.9 Å². The molecule has 0 aliphatic rings. The van der Waals surface area contributed by atoms with Gasteiger partial charge in [-0.15, -0.1) is 0 Å². The Bertz CT molecular complexity index is 1440. The summed E-state index contributed by atoms with van der Waals surface area (Å²) in [6.07, 6.45) is 1.44. The molecule has 4 aromatic rings. The highest BCUT2D eigenvalue weighted by Gasteiger charge is 2.13. The van der Waals surface area contributed by atoms with Crippen LogP contribution < -0.4 is 29.1 Å². The largest absolute Gasteiger partial charge is 0.497 e. The average Bonchev–Trinajstić information content (AvgIpc) is 3.00. The van der Waals surface area contributed by atoms with Crippen molar-refractivity contribution in [2.24, 2.45) is 5.10 Å². The fourth-order valence-corrected chi connectivity index (χ4v) is 3.47. The van der Waals surface area contributed by atoms with E-state index in [1.54, 1.807) is 73.8 Å².